The Bertz CT molecular complexity index is 886. The summed E-state index contributed by atoms with van der Waals surface area (Å²) in [6, 6.07) is 3.01. The molecular formula is C18H27N5O4S. The summed E-state index contributed by atoms with van der Waals surface area (Å²) in [6.45, 7) is 6.42. The lowest BCUT2D eigenvalue weighted by atomic mass is 9.87. The van der Waals surface area contributed by atoms with Gasteiger partial charge in [0.1, 0.15) is 28.4 Å². The predicted octanol–water partition coefficient (Wildman–Crippen LogP) is 2.32. The Morgan fingerprint density at radius 2 is 1.86 bits per heavy atom. The molecule has 9 nitrogen and oxygen atoms in total. The fourth-order valence-corrected chi connectivity index (χ4v) is 5.01. The van der Waals surface area contributed by atoms with Gasteiger partial charge in [-0.2, -0.15) is 4.68 Å². The summed E-state index contributed by atoms with van der Waals surface area (Å²) in [6.07, 6.45) is 5.44. The number of benzene rings is 1. The maximum atomic E-state index is 13.2. The molecule has 0 unspecified atom stereocenters. The number of aromatic nitrogens is 4. The molecule has 0 bridgehead atoms. The van der Waals surface area contributed by atoms with Crippen molar-refractivity contribution in [1.29, 1.82) is 0 Å². The SMILES string of the molecule is CCOc1cc(S(=O)(=O)N[C@@H]2CCCC[C@H]2C)c(OCC)cc1-n1cnnn1. The third-order valence-corrected chi connectivity index (χ3v) is 6.44. The molecule has 1 saturated carbocycles. The van der Waals surface area contributed by atoms with Crippen molar-refractivity contribution < 1.29 is 17.9 Å². The van der Waals surface area contributed by atoms with Gasteiger partial charge >= 0.3 is 0 Å². The van der Waals surface area contributed by atoms with E-state index in [1.54, 1.807) is 13.0 Å². The zero-order chi connectivity index (χ0) is 20.1. The molecule has 1 aliphatic carbocycles. The lowest BCUT2D eigenvalue weighted by Crippen LogP contribution is -2.41. The van der Waals surface area contributed by atoms with E-state index in [2.05, 4.69) is 27.2 Å². The van der Waals surface area contributed by atoms with Crippen LogP contribution in [-0.2, 0) is 10.0 Å². The molecule has 1 heterocycles. The third-order valence-electron chi connectivity index (χ3n) is 4.93. The van der Waals surface area contributed by atoms with Gasteiger partial charge in [0.2, 0.25) is 10.0 Å². The Labute approximate surface area is 165 Å². The van der Waals surface area contributed by atoms with Crippen LogP contribution in [0.3, 0.4) is 0 Å². The van der Waals surface area contributed by atoms with Crippen LogP contribution in [0.4, 0.5) is 0 Å². The highest BCUT2D eigenvalue weighted by Gasteiger charge is 2.30. The van der Waals surface area contributed by atoms with Crippen LogP contribution < -0.4 is 14.2 Å². The monoisotopic (exact) mass is 409 g/mol. The molecule has 10 heteroatoms. The topological polar surface area (TPSA) is 108 Å². The van der Waals surface area contributed by atoms with Gasteiger partial charge in [-0.05, 0) is 43.0 Å². The smallest absolute Gasteiger partial charge is 0.244 e. The molecule has 0 amide bonds. The van der Waals surface area contributed by atoms with Crippen LogP contribution in [-0.4, -0.2) is 47.9 Å². The van der Waals surface area contributed by atoms with Crippen LogP contribution in [0.2, 0.25) is 0 Å². The summed E-state index contributed by atoms with van der Waals surface area (Å²) in [5, 5.41) is 11.2. The second-order valence-electron chi connectivity index (χ2n) is 6.88. The van der Waals surface area contributed by atoms with E-state index in [0.29, 0.717) is 30.6 Å². The number of sulfonamides is 1. The van der Waals surface area contributed by atoms with Gasteiger partial charge in [0.25, 0.3) is 0 Å². The van der Waals surface area contributed by atoms with Crippen molar-refractivity contribution in [2.45, 2.75) is 57.4 Å². The molecule has 1 N–H and O–H groups in total. The summed E-state index contributed by atoms with van der Waals surface area (Å²) in [4.78, 5) is 0.0624. The normalized spacial score (nSPS) is 20.1. The lowest BCUT2D eigenvalue weighted by Gasteiger charge is -2.29. The Kier molecular flexibility index (Phi) is 6.50. The minimum atomic E-state index is -3.79. The van der Waals surface area contributed by atoms with Crippen molar-refractivity contribution in [2.24, 2.45) is 5.92 Å². The van der Waals surface area contributed by atoms with Crippen LogP contribution in [0.15, 0.2) is 23.4 Å². The summed E-state index contributed by atoms with van der Waals surface area (Å²) in [7, 11) is -3.79. The van der Waals surface area contributed by atoms with Crippen LogP contribution in [0.25, 0.3) is 5.69 Å². The summed E-state index contributed by atoms with van der Waals surface area (Å²) in [5.74, 6) is 0.911. The maximum absolute atomic E-state index is 13.2. The molecule has 1 aromatic carbocycles. The van der Waals surface area contributed by atoms with E-state index in [1.807, 2.05) is 6.92 Å². The summed E-state index contributed by atoms with van der Waals surface area (Å²) >= 11 is 0. The Morgan fingerprint density at radius 1 is 1.14 bits per heavy atom. The molecule has 0 saturated heterocycles. The van der Waals surface area contributed by atoms with Crippen molar-refractivity contribution in [3.8, 4) is 17.2 Å². The number of rotatable bonds is 8. The first-order valence-corrected chi connectivity index (χ1v) is 11.1. The zero-order valence-electron chi connectivity index (χ0n) is 16.5. The average molecular weight is 410 g/mol. The van der Waals surface area contributed by atoms with Gasteiger partial charge in [0.15, 0.2) is 0 Å². The first-order valence-electron chi connectivity index (χ1n) is 9.65. The van der Waals surface area contributed by atoms with Crippen LogP contribution >= 0.6 is 0 Å². The highest BCUT2D eigenvalue weighted by atomic mass is 32.2. The number of nitrogens with zero attached hydrogens (tertiary/aromatic N) is 4. The minimum absolute atomic E-state index is 0.0624. The van der Waals surface area contributed by atoms with E-state index in [-0.39, 0.29) is 16.7 Å². The van der Waals surface area contributed by atoms with E-state index >= 15 is 0 Å². The van der Waals surface area contributed by atoms with Gasteiger partial charge in [0.05, 0.1) is 13.2 Å². The molecule has 3 rings (SSSR count). The molecule has 1 aliphatic rings. The molecule has 0 aliphatic heterocycles. The minimum Gasteiger partial charge on any atom is -0.492 e. The van der Waals surface area contributed by atoms with Crippen molar-refractivity contribution in [2.75, 3.05) is 13.2 Å². The van der Waals surface area contributed by atoms with E-state index in [4.69, 9.17) is 9.47 Å². The predicted molar refractivity (Wildman–Crippen MR) is 103 cm³/mol. The molecule has 154 valence electrons. The first kappa shape index (κ1) is 20.5. The molecule has 1 aromatic heterocycles. The van der Waals surface area contributed by atoms with E-state index in [1.165, 1.54) is 17.1 Å². The Morgan fingerprint density at radius 3 is 2.50 bits per heavy atom. The Balaban J connectivity index is 2.03. The van der Waals surface area contributed by atoms with Gasteiger partial charge < -0.3 is 9.47 Å². The number of ether oxygens (including phenoxy) is 2. The third kappa shape index (κ3) is 4.44. The van der Waals surface area contributed by atoms with E-state index in [0.717, 1.165) is 25.7 Å². The van der Waals surface area contributed by atoms with Gasteiger partial charge in [-0.25, -0.2) is 13.1 Å². The fourth-order valence-electron chi connectivity index (χ4n) is 3.48. The highest BCUT2D eigenvalue weighted by molar-refractivity contribution is 7.89. The summed E-state index contributed by atoms with van der Waals surface area (Å²) < 4.78 is 42.0. The van der Waals surface area contributed by atoms with Gasteiger partial charge in [-0.3, -0.25) is 0 Å². The molecule has 0 spiro atoms. The van der Waals surface area contributed by atoms with Gasteiger partial charge in [-0.15, -0.1) is 5.10 Å². The Hall–Kier alpha value is -2.20. The van der Waals surface area contributed by atoms with Gasteiger partial charge in [-0.1, -0.05) is 19.8 Å². The molecular weight excluding hydrogens is 382 g/mol. The van der Waals surface area contributed by atoms with Crippen molar-refractivity contribution in [1.82, 2.24) is 24.9 Å². The first-order chi connectivity index (χ1) is 13.5. The molecule has 0 radical (unpaired) electrons. The second kappa shape index (κ2) is 8.87. The lowest BCUT2D eigenvalue weighted by molar-refractivity contribution is 0.307. The fraction of sp³-hybridized carbons (Fsp3) is 0.611. The van der Waals surface area contributed by atoms with Gasteiger partial charge in [0, 0.05) is 18.2 Å². The molecule has 1 fully saturated rings. The molecule has 2 atom stereocenters. The summed E-state index contributed by atoms with van der Waals surface area (Å²) in [5.41, 5.74) is 0.514. The maximum Gasteiger partial charge on any atom is 0.244 e. The van der Waals surface area contributed by atoms with Crippen molar-refractivity contribution in [3.05, 3.63) is 18.5 Å². The molecule has 28 heavy (non-hydrogen) atoms. The van der Waals surface area contributed by atoms with Crippen LogP contribution in [0.5, 0.6) is 11.5 Å². The van der Waals surface area contributed by atoms with Crippen LogP contribution in [0.1, 0.15) is 46.5 Å². The van der Waals surface area contributed by atoms with Crippen molar-refractivity contribution in [3.63, 3.8) is 0 Å². The number of tetrazole rings is 1. The van der Waals surface area contributed by atoms with Crippen molar-refractivity contribution >= 4 is 10.0 Å². The largest absolute Gasteiger partial charge is 0.492 e. The quantitative estimate of drug-likeness (QED) is 0.713. The highest BCUT2D eigenvalue weighted by Crippen LogP contribution is 2.35. The zero-order valence-corrected chi connectivity index (χ0v) is 17.3. The number of hydrogen-bond donors (Lipinski definition) is 1. The molecule has 2 aromatic rings. The number of nitrogens with one attached hydrogen (secondary N) is 1. The van der Waals surface area contributed by atoms with E-state index in [9.17, 15) is 8.42 Å². The second-order valence-corrected chi connectivity index (χ2v) is 8.56. The van der Waals surface area contributed by atoms with E-state index < -0.39 is 10.0 Å². The average Bonchev–Trinajstić information content (AvgIpc) is 3.19. The number of hydrogen-bond acceptors (Lipinski definition) is 7. The standard InChI is InChI=1S/C18H27N5O4S/c1-4-26-16-11-18(28(24,25)20-14-9-7-6-8-13(14)3)17(27-5-2)10-15(16)23-12-19-21-22-23/h10-14,20H,4-9H2,1-3H3/t13-,14-/m1/s1. The van der Waals surface area contributed by atoms with Crippen LogP contribution in [0, 0.1) is 5.92 Å².